The molecule has 0 spiro atoms. The lowest BCUT2D eigenvalue weighted by Crippen LogP contribution is -2.40. The minimum absolute atomic E-state index is 0.0450. The summed E-state index contributed by atoms with van der Waals surface area (Å²) in [5, 5.41) is 0.389. The van der Waals surface area contributed by atoms with Gasteiger partial charge in [0.15, 0.2) is 5.78 Å². The van der Waals surface area contributed by atoms with Gasteiger partial charge < -0.3 is 4.90 Å². The lowest BCUT2D eigenvalue weighted by Gasteiger charge is -2.31. The average molecular weight is 377 g/mol. The van der Waals surface area contributed by atoms with Crippen molar-refractivity contribution in [1.29, 1.82) is 0 Å². The zero-order chi connectivity index (χ0) is 18.0. The third kappa shape index (κ3) is 4.20. The molecule has 0 unspecified atom stereocenters. The molecule has 0 saturated carbocycles. The molecule has 130 valence electrons. The van der Waals surface area contributed by atoms with E-state index in [4.69, 9.17) is 23.2 Å². The highest BCUT2D eigenvalue weighted by Gasteiger charge is 2.28. The maximum atomic E-state index is 12.6. The number of halogens is 2. The van der Waals surface area contributed by atoms with Gasteiger partial charge in [0.2, 0.25) is 0 Å². The van der Waals surface area contributed by atoms with E-state index in [-0.39, 0.29) is 27.9 Å². The summed E-state index contributed by atoms with van der Waals surface area (Å²) in [6, 6.07) is 10.7. The van der Waals surface area contributed by atoms with Gasteiger partial charge in [0.25, 0.3) is 5.91 Å². The van der Waals surface area contributed by atoms with Crippen LogP contribution in [-0.4, -0.2) is 34.7 Å². The molecular formula is C19H18Cl2N2O2. The molecule has 0 aliphatic carbocycles. The summed E-state index contributed by atoms with van der Waals surface area (Å²) in [6.45, 7) is 3.08. The fourth-order valence-electron chi connectivity index (χ4n) is 3.07. The third-order valence-electron chi connectivity index (χ3n) is 4.50. The fraction of sp³-hybridized carbons (Fsp3) is 0.316. The fourth-order valence-corrected chi connectivity index (χ4v) is 3.53. The van der Waals surface area contributed by atoms with Crippen molar-refractivity contribution in [2.75, 3.05) is 13.1 Å². The average Bonchev–Trinajstić information content (AvgIpc) is 2.60. The number of aryl methyl sites for hydroxylation is 1. The van der Waals surface area contributed by atoms with E-state index in [0.29, 0.717) is 31.5 Å². The number of benzene rings is 1. The molecule has 1 aromatic carbocycles. The Morgan fingerprint density at radius 2 is 1.56 bits per heavy atom. The number of Topliss-reactive ketones (excluding diaryl/α,β-unsaturated/α-hetero) is 1. The molecule has 1 fully saturated rings. The molecule has 25 heavy (non-hydrogen) atoms. The summed E-state index contributed by atoms with van der Waals surface area (Å²) in [7, 11) is 0. The monoisotopic (exact) mass is 376 g/mol. The van der Waals surface area contributed by atoms with Crippen molar-refractivity contribution in [3.63, 3.8) is 0 Å². The van der Waals surface area contributed by atoms with Gasteiger partial charge in [-0.05, 0) is 31.9 Å². The lowest BCUT2D eigenvalue weighted by molar-refractivity contribution is 0.0650. The van der Waals surface area contributed by atoms with Crippen molar-refractivity contribution >= 4 is 34.9 Å². The van der Waals surface area contributed by atoms with Crippen LogP contribution < -0.4 is 0 Å². The molecule has 4 nitrogen and oxygen atoms in total. The largest absolute Gasteiger partial charge is 0.339 e. The van der Waals surface area contributed by atoms with Crippen LogP contribution in [0, 0.1) is 12.8 Å². The van der Waals surface area contributed by atoms with Crippen LogP contribution in [0.15, 0.2) is 36.4 Å². The second kappa shape index (κ2) is 7.54. The predicted octanol–water partition coefficient (Wildman–Crippen LogP) is 4.43. The highest BCUT2D eigenvalue weighted by molar-refractivity contribution is 6.33. The van der Waals surface area contributed by atoms with Crippen LogP contribution in [0.4, 0.5) is 0 Å². The molecule has 1 aliphatic rings. The van der Waals surface area contributed by atoms with Crippen LogP contribution in [0.2, 0.25) is 10.3 Å². The van der Waals surface area contributed by atoms with Crippen LogP contribution in [0.5, 0.6) is 0 Å². The molecule has 0 atom stereocenters. The van der Waals surface area contributed by atoms with E-state index < -0.39 is 0 Å². The molecule has 1 aliphatic heterocycles. The number of hydrogen-bond donors (Lipinski definition) is 0. The highest BCUT2D eigenvalue weighted by Crippen LogP contribution is 2.24. The van der Waals surface area contributed by atoms with Crippen molar-refractivity contribution in [1.82, 2.24) is 9.88 Å². The Morgan fingerprint density at radius 1 is 1.00 bits per heavy atom. The maximum absolute atomic E-state index is 12.6. The molecular weight excluding hydrogens is 359 g/mol. The van der Waals surface area contributed by atoms with Crippen molar-refractivity contribution in [2.24, 2.45) is 5.92 Å². The third-order valence-corrected chi connectivity index (χ3v) is 4.89. The molecule has 2 aromatic rings. The van der Waals surface area contributed by atoms with E-state index in [1.165, 1.54) is 12.1 Å². The van der Waals surface area contributed by atoms with Crippen LogP contribution in [0.3, 0.4) is 0 Å². The molecule has 1 amide bonds. The second-order valence-corrected chi connectivity index (χ2v) is 7.07. The summed E-state index contributed by atoms with van der Waals surface area (Å²) < 4.78 is 0. The summed E-state index contributed by atoms with van der Waals surface area (Å²) in [6.07, 6.45) is 1.32. The maximum Gasteiger partial charge on any atom is 0.254 e. The van der Waals surface area contributed by atoms with Crippen LogP contribution in [0.25, 0.3) is 0 Å². The molecule has 2 heterocycles. The topological polar surface area (TPSA) is 50.3 Å². The van der Waals surface area contributed by atoms with Gasteiger partial charge in [-0.2, -0.15) is 0 Å². The number of nitrogens with zero attached hydrogens (tertiary/aromatic N) is 2. The van der Waals surface area contributed by atoms with Crippen LogP contribution >= 0.6 is 23.2 Å². The van der Waals surface area contributed by atoms with Gasteiger partial charge in [-0.1, -0.05) is 53.0 Å². The molecule has 1 saturated heterocycles. The summed E-state index contributed by atoms with van der Waals surface area (Å²) in [5.41, 5.74) is 2.29. The minimum Gasteiger partial charge on any atom is -0.339 e. The molecule has 0 bridgehead atoms. The Hall–Kier alpha value is -1.91. The van der Waals surface area contributed by atoms with Gasteiger partial charge in [0.1, 0.15) is 10.3 Å². The van der Waals surface area contributed by atoms with E-state index in [1.807, 2.05) is 31.2 Å². The molecule has 6 heteroatoms. The van der Waals surface area contributed by atoms with Gasteiger partial charge in [-0.3, -0.25) is 9.59 Å². The van der Waals surface area contributed by atoms with E-state index in [0.717, 1.165) is 11.1 Å². The first-order valence-electron chi connectivity index (χ1n) is 8.17. The van der Waals surface area contributed by atoms with Gasteiger partial charge in [0.05, 0.1) is 0 Å². The van der Waals surface area contributed by atoms with Gasteiger partial charge in [-0.15, -0.1) is 0 Å². The lowest BCUT2D eigenvalue weighted by atomic mass is 9.88. The molecule has 0 radical (unpaired) electrons. The predicted molar refractivity (Wildman–Crippen MR) is 98.4 cm³/mol. The number of carbonyl (C=O) groups is 2. The summed E-state index contributed by atoms with van der Waals surface area (Å²) in [4.78, 5) is 30.8. The second-order valence-electron chi connectivity index (χ2n) is 6.30. The number of piperidine rings is 1. The minimum atomic E-state index is -0.132. The molecule has 0 N–H and O–H groups in total. The Labute approximate surface area is 156 Å². The van der Waals surface area contributed by atoms with Crippen molar-refractivity contribution in [3.05, 3.63) is 63.4 Å². The zero-order valence-corrected chi connectivity index (χ0v) is 15.3. The van der Waals surface area contributed by atoms with E-state index in [1.54, 1.807) is 4.90 Å². The number of rotatable bonds is 3. The summed E-state index contributed by atoms with van der Waals surface area (Å²) in [5.74, 6) is -0.0223. The van der Waals surface area contributed by atoms with E-state index >= 15 is 0 Å². The van der Waals surface area contributed by atoms with E-state index in [2.05, 4.69) is 4.98 Å². The number of aromatic nitrogens is 1. The Morgan fingerprint density at radius 3 is 2.12 bits per heavy atom. The van der Waals surface area contributed by atoms with Gasteiger partial charge >= 0.3 is 0 Å². The smallest absolute Gasteiger partial charge is 0.254 e. The first-order valence-corrected chi connectivity index (χ1v) is 8.93. The molecule has 3 rings (SSSR count). The van der Waals surface area contributed by atoms with Crippen molar-refractivity contribution < 1.29 is 9.59 Å². The zero-order valence-electron chi connectivity index (χ0n) is 13.8. The normalized spacial score (nSPS) is 15.2. The van der Waals surface area contributed by atoms with Gasteiger partial charge in [0, 0.05) is 30.1 Å². The Kier molecular flexibility index (Phi) is 5.40. The number of ketones is 1. The van der Waals surface area contributed by atoms with Gasteiger partial charge in [-0.25, -0.2) is 4.98 Å². The van der Waals surface area contributed by atoms with E-state index in [9.17, 15) is 9.59 Å². The van der Waals surface area contributed by atoms with Crippen molar-refractivity contribution in [3.8, 4) is 0 Å². The summed E-state index contributed by atoms with van der Waals surface area (Å²) >= 11 is 11.7. The molecule has 1 aromatic heterocycles. The number of pyridine rings is 1. The van der Waals surface area contributed by atoms with Crippen molar-refractivity contribution in [2.45, 2.75) is 19.8 Å². The first kappa shape index (κ1) is 17.9. The Balaban J connectivity index is 1.64. The Bertz CT molecular complexity index is 777. The first-order chi connectivity index (χ1) is 11.9. The number of likely N-dealkylation sites (tertiary alicyclic amines) is 1. The number of hydrogen-bond acceptors (Lipinski definition) is 3. The quantitative estimate of drug-likeness (QED) is 0.587. The highest BCUT2D eigenvalue weighted by atomic mass is 35.5. The van der Waals surface area contributed by atoms with Crippen LogP contribution in [-0.2, 0) is 0 Å². The standard InChI is InChI=1S/C19H18Cl2N2O2/c1-12-2-4-13(5-3-12)18(24)14-6-8-23(9-7-14)19(25)15-10-16(20)22-17(21)11-15/h2-5,10-11,14H,6-9H2,1H3. The van der Waals surface area contributed by atoms with Crippen LogP contribution in [0.1, 0.15) is 39.1 Å². The number of amides is 1. The SMILES string of the molecule is Cc1ccc(C(=O)C2CCN(C(=O)c3cc(Cl)nc(Cl)c3)CC2)cc1. The number of carbonyl (C=O) groups excluding carboxylic acids is 2.